The maximum atomic E-state index is 14.3. The molecular formula is C25H28FN5S. The first-order valence-corrected chi connectivity index (χ1v) is 10.7. The van der Waals surface area contributed by atoms with Gasteiger partial charge in [0.15, 0.2) is 0 Å². The molecule has 166 valence electrons. The van der Waals surface area contributed by atoms with Crippen LogP contribution in [-0.4, -0.2) is 18.3 Å². The summed E-state index contributed by atoms with van der Waals surface area (Å²) in [6, 6.07) is 6.28. The van der Waals surface area contributed by atoms with E-state index in [0.29, 0.717) is 33.7 Å². The van der Waals surface area contributed by atoms with Crippen LogP contribution in [0.15, 0.2) is 83.6 Å². The summed E-state index contributed by atoms with van der Waals surface area (Å²) in [7, 11) is 0. The van der Waals surface area contributed by atoms with Gasteiger partial charge in [0, 0.05) is 29.3 Å². The molecule has 5 nitrogen and oxygen atoms in total. The summed E-state index contributed by atoms with van der Waals surface area (Å²) in [6.45, 7) is 4.44. The lowest BCUT2D eigenvalue weighted by atomic mass is 9.95. The molecule has 1 aliphatic rings. The second-order valence-electron chi connectivity index (χ2n) is 7.24. The van der Waals surface area contributed by atoms with E-state index in [9.17, 15) is 4.39 Å². The second-order valence-corrected chi connectivity index (χ2v) is 7.68. The number of rotatable bonds is 10. The van der Waals surface area contributed by atoms with Gasteiger partial charge in [-0.3, -0.25) is 0 Å². The van der Waals surface area contributed by atoms with Crippen LogP contribution < -0.4 is 16.8 Å². The van der Waals surface area contributed by atoms with Gasteiger partial charge in [0.1, 0.15) is 11.9 Å². The first kappa shape index (κ1) is 24.9. The third kappa shape index (κ3) is 6.84. The molecular weight excluding hydrogens is 421 g/mol. The zero-order valence-electron chi connectivity index (χ0n) is 17.8. The Morgan fingerprint density at radius 3 is 2.81 bits per heavy atom. The van der Waals surface area contributed by atoms with Crippen LogP contribution in [0.5, 0.6) is 0 Å². The van der Waals surface area contributed by atoms with Crippen LogP contribution in [0.3, 0.4) is 0 Å². The van der Waals surface area contributed by atoms with Crippen LogP contribution in [-0.2, 0) is 0 Å². The molecule has 0 radical (unpaired) electrons. The van der Waals surface area contributed by atoms with E-state index in [-0.39, 0.29) is 11.6 Å². The predicted octanol–water partition coefficient (Wildman–Crippen LogP) is 4.48. The van der Waals surface area contributed by atoms with Crippen molar-refractivity contribution in [3.63, 3.8) is 0 Å². The highest BCUT2D eigenvalue weighted by molar-refractivity contribution is 7.85. The maximum absolute atomic E-state index is 14.3. The number of thiol groups is 1. The molecule has 2 rings (SSSR count). The van der Waals surface area contributed by atoms with Gasteiger partial charge >= 0.3 is 0 Å². The lowest BCUT2D eigenvalue weighted by Crippen LogP contribution is -2.20. The van der Waals surface area contributed by atoms with E-state index in [2.05, 4.69) is 11.9 Å². The summed E-state index contributed by atoms with van der Waals surface area (Å²) in [5, 5.41) is 20.0. The molecule has 1 atom stereocenters. The number of hydrogen-bond acceptors (Lipinski definition) is 6. The standard InChI is InChI=1S/C25H28FN5S/c1-2-31-12-4-6-21(29)5-3-7-22(17-8-9-19(15-27)23(26)14-17)25(32)18-10-11-24(30)20(13-18)16-28/h2-3,7-11,13-14,16,21,30-32H,1,4-6,12,28-29H2/b7-3+,20-16-,25-22+,30-24?. The number of nitriles is 1. The van der Waals surface area contributed by atoms with Crippen LogP contribution in [0.2, 0.25) is 0 Å². The highest BCUT2D eigenvalue weighted by Gasteiger charge is 2.14. The molecule has 1 aliphatic carbocycles. The van der Waals surface area contributed by atoms with Crippen LogP contribution in [0, 0.1) is 22.6 Å². The molecule has 1 aromatic carbocycles. The fourth-order valence-electron chi connectivity index (χ4n) is 3.14. The van der Waals surface area contributed by atoms with Crippen LogP contribution in [0.1, 0.15) is 30.4 Å². The van der Waals surface area contributed by atoms with Gasteiger partial charge < -0.3 is 22.2 Å². The van der Waals surface area contributed by atoms with Crippen molar-refractivity contribution in [1.82, 2.24) is 5.32 Å². The highest BCUT2D eigenvalue weighted by atomic mass is 32.1. The molecule has 1 aromatic rings. The Morgan fingerprint density at radius 1 is 1.38 bits per heavy atom. The minimum Gasteiger partial charge on any atom is -0.404 e. The van der Waals surface area contributed by atoms with Crippen LogP contribution >= 0.6 is 12.6 Å². The summed E-state index contributed by atoms with van der Waals surface area (Å²) in [5.41, 5.74) is 14.7. The van der Waals surface area contributed by atoms with Gasteiger partial charge in [0.25, 0.3) is 0 Å². The van der Waals surface area contributed by atoms with E-state index < -0.39 is 5.82 Å². The van der Waals surface area contributed by atoms with Crippen molar-refractivity contribution in [3.8, 4) is 6.07 Å². The second kappa shape index (κ2) is 12.5. The van der Waals surface area contributed by atoms with Gasteiger partial charge in [-0.05, 0) is 66.5 Å². The topological polar surface area (TPSA) is 112 Å². The third-order valence-corrected chi connectivity index (χ3v) is 5.42. The maximum Gasteiger partial charge on any atom is 0.141 e. The third-order valence-electron chi connectivity index (χ3n) is 4.92. The first-order valence-electron chi connectivity index (χ1n) is 10.2. The Bertz CT molecular complexity index is 1060. The summed E-state index contributed by atoms with van der Waals surface area (Å²) >= 11 is 4.71. The van der Waals surface area contributed by atoms with Gasteiger partial charge in [-0.25, -0.2) is 4.39 Å². The van der Waals surface area contributed by atoms with Crippen molar-refractivity contribution in [2.24, 2.45) is 11.5 Å². The van der Waals surface area contributed by atoms with Crippen molar-refractivity contribution in [3.05, 3.63) is 101 Å². The minimum absolute atomic E-state index is 0.0128. The van der Waals surface area contributed by atoms with Crippen LogP contribution in [0.25, 0.3) is 5.57 Å². The highest BCUT2D eigenvalue weighted by Crippen LogP contribution is 2.32. The van der Waals surface area contributed by atoms with Crippen molar-refractivity contribution in [1.29, 1.82) is 10.7 Å². The van der Waals surface area contributed by atoms with E-state index in [1.165, 1.54) is 18.3 Å². The van der Waals surface area contributed by atoms with Crippen molar-refractivity contribution < 1.29 is 4.39 Å². The normalized spacial score (nSPS) is 16.5. The molecule has 0 aromatic heterocycles. The van der Waals surface area contributed by atoms with Gasteiger partial charge in [-0.2, -0.15) is 5.26 Å². The number of halogens is 1. The minimum atomic E-state index is -0.596. The quantitative estimate of drug-likeness (QED) is 0.206. The molecule has 0 fully saturated rings. The molecule has 7 heteroatoms. The predicted molar refractivity (Wildman–Crippen MR) is 133 cm³/mol. The largest absolute Gasteiger partial charge is 0.404 e. The molecule has 0 heterocycles. The van der Waals surface area contributed by atoms with Crippen molar-refractivity contribution in [2.75, 3.05) is 6.54 Å². The molecule has 0 amide bonds. The van der Waals surface area contributed by atoms with Gasteiger partial charge in [-0.15, -0.1) is 12.6 Å². The Kier molecular flexibility index (Phi) is 9.74. The average molecular weight is 450 g/mol. The fourth-order valence-corrected chi connectivity index (χ4v) is 3.48. The fraction of sp³-hybridized carbons (Fsp3) is 0.200. The van der Waals surface area contributed by atoms with Gasteiger partial charge in [0.05, 0.1) is 11.3 Å². The van der Waals surface area contributed by atoms with Gasteiger partial charge in [0.2, 0.25) is 0 Å². The molecule has 6 N–H and O–H groups in total. The number of nitrogens with two attached hydrogens (primary N) is 2. The first-order chi connectivity index (χ1) is 15.4. The molecule has 0 saturated carbocycles. The zero-order valence-corrected chi connectivity index (χ0v) is 18.7. The van der Waals surface area contributed by atoms with Crippen molar-refractivity contribution >= 4 is 23.9 Å². The van der Waals surface area contributed by atoms with Gasteiger partial charge in [-0.1, -0.05) is 30.9 Å². The summed E-state index contributed by atoms with van der Waals surface area (Å²) in [5.74, 6) is -0.596. The SMILES string of the molecule is C=CNCCCC(N)C/C=C/C(=C(\S)C1=C/C(=C/N)C(=N)C=C1)c1ccc(C#N)c(F)c1. The monoisotopic (exact) mass is 449 g/mol. The van der Waals surface area contributed by atoms with E-state index in [0.717, 1.165) is 25.0 Å². The number of nitrogens with one attached hydrogen (secondary N) is 2. The van der Waals surface area contributed by atoms with E-state index in [1.807, 2.05) is 18.2 Å². The van der Waals surface area contributed by atoms with E-state index in [1.54, 1.807) is 30.5 Å². The number of benzene rings is 1. The van der Waals surface area contributed by atoms with Crippen LogP contribution in [0.4, 0.5) is 4.39 Å². The Labute approximate surface area is 194 Å². The number of hydrogen-bond donors (Lipinski definition) is 5. The number of nitrogens with zero attached hydrogens (tertiary/aromatic N) is 1. The number of allylic oxidation sites excluding steroid dienone is 7. The molecule has 0 saturated heterocycles. The summed E-state index contributed by atoms with van der Waals surface area (Å²) in [6.07, 6.45) is 14.4. The Hall–Kier alpha value is -3.34. The molecule has 32 heavy (non-hydrogen) atoms. The Balaban J connectivity index is 2.36. The molecule has 0 aliphatic heterocycles. The molecule has 1 unspecified atom stereocenters. The average Bonchev–Trinajstić information content (AvgIpc) is 2.79. The van der Waals surface area contributed by atoms with Crippen molar-refractivity contribution in [2.45, 2.75) is 25.3 Å². The summed E-state index contributed by atoms with van der Waals surface area (Å²) in [4.78, 5) is 0.595. The van der Waals surface area contributed by atoms with E-state index in [4.69, 9.17) is 34.8 Å². The lowest BCUT2D eigenvalue weighted by Gasteiger charge is -2.15. The molecule has 0 bridgehead atoms. The Morgan fingerprint density at radius 2 is 2.16 bits per heavy atom. The summed E-state index contributed by atoms with van der Waals surface area (Å²) < 4.78 is 14.3. The van der Waals surface area contributed by atoms with E-state index >= 15 is 0 Å². The zero-order chi connectivity index (χ0) is 23.5. The lowest BCUT2D eigenvalue weighted by molar-refractivity contribution is 0.578. The smallest absolute Gasteiger partial charge is 0.141 e. The molecule has 0 spiro atoms.